The summed E-state index contributed by atoms with van der Waals surface area (Å²) in [5.41, 5.74) is 1.32. The number of benzene rings is 1. The molecule has 1 aliphatic heterocycles. The van der Waals surface area contributed by atoms with Crippen LogP contribution in [0.5, 0.6) is 0 Å². The van der Waals surface area contributed by atoms with Crippen LogP contribution in [0, 0.1) is 10.1 Å². The Hall–Kier alpha value is -3.29. The Morgan fingerprint density at radius 3 is 2.41 bits per heavy atom. The number of hydrogen-bond donors (Lipinski definition) is 1. The molecule has 0 spiro atoms. The molecule has 2 aromatic rings. The third kappa shape index (κ3) is 4.28. The lowest BCUT2D eigenvalue weighted by molar-refractivity contribution is -0.384. The van der Waals surface area contributed by atoms with Gasteiger partial charge in [0.25, 0.3) is 11.6 Å². The first-order valence-electron chi connectivity index (χ1n) is 8.71. The first-order valence-corrected chi connectivity index (χ1v) is 8.71. The van der Waals surface area contributed by atoms with Gasteiger partial charge in [-0.05, 0) is 44.0 Å². The third-order valence-electron chi connectivity index (χ3n) is 4.69. The van der Waals surface area contributed by atoms with E-state index in [2.05, 4.69) is 10.3 Å². The molecule has 2 heterocycles. The molecule has 0 atom stereocenters. The molecular formula is C19H20N4O4. The van der Waals surface area contributed by atoms with Gasteiger partial charge in [-0.1, -0.05) is 0 Å². The van der Waals surface area contributed by atoms with E-state index < -0.39 is 4.92 Å². The minimum atomic E-state index is -0.459. The number of carbonyl (C=O) groups is 2. The maximum atomic E-state index is 12.2. The predicted octanol–water partition coefficient (Wildman–Crippen LogP) is 2.59. The van der Waals surface area contributed by atoms with Crippen molar-refractivity contribution < 1.29 is 14.5 Å². The largest absolute Gasteiger partial charge is 0.366 e. The Morgan fingerprint density at radius 1 is 1.15 bits per heavy atom. The quantitative estimate of drug-likeness (QED) is 0.494. The highest BCUT2D eigenvalue weighted by Gasteiger charge is 2.26. The maximum Gasteiger partial charge on any atom is 0.293 e. The Bertz CT molecular complexity index is 861. The highest BCUT2D eigenvalue weighted by atomic mass is 16.6. The number of nitrogens with one attached hydrogen (secondary N) is 1. The molecule has 8 nitrogen and oxygen atoms in total. The van der Waals surface area contributed by atoms with Crippen LogP contribution in [0.3, 0.4) is 0 Å². The number of nitro groups is 1. The Morgan fingerprint density at radius 2 is 1.81 bits per heavy atom. The summed E-state index contributed by atoms with van der Waals surface area (Å²) in [5.74, 6) is -0.352. The van der Waals surface area contributed by atoms with Crippen molar-refractivity contribution in [3.8, 4) is 0 Å². The van der Waals surface area contributed by atoms with E-state index in [1.165, 1.54) is 13.0 Å². The van der Waals surface area contributed by atoms with Gasteiger partial charge in [0.1, 0.15) is 5.69 Å². The van der Waals surface area contributed by atoms with Crippen LogP contribution in [0.25, 0.3) is 0 Å². The number of nitrogens with zero attached hydrogens (tertiary/aromatic N) is 3. The Kier molecular flexibility index (Phi) is 5.44. The van der Waals surface area contributed by atoms with Crippen molar-refractivity contribution in [3.05, 3.63) is 64.0 Å². The van der Waals surface area contributed by atoms with E-state index in [9.17, 15) is 19.7 Å². The summed E-state index contributed by atoms with van der Waals surface area (Å²) in [5, 5.41) is 14.4. The van der Waals surface area contributed by atoms with Crippen LogP contribution in [-0.4, -0.2) is 40.7 Å². The first kappa shape index (κ1) is 18.5. The fourth-order valence-electron chi connectivity index (χ4n) is 3.19. The maximum absolute atomic E-state index is 12.2. The summed E-state index contributed by atoms with van der Waals surface area (Å²) in [7, 11) is 0. The van der Waals surface area contributed by atoms with Crippen LogP contribution in [0.4, 0.5) is 11.4 Å². The summed E-state index contributed by atoms with van der Waals surface area (Å²) in [6.45, 7) is 2.55. The topological polar surface area (TPSA) is 105 Å². The molecule has 1 aromatic heterocycles. The molecule has 1 amide bonds. The van der Waals surface area contributed by atoms with Gasteiger partial charge in [0.05, 0.1) is 4.92 Å². The molecule has 0 aliphatic carbocycles. The summed E-state index contributed by atoms with van der Waals surface area (Å²) >= 11 is 0. The normalized spacial score (nSPS) is 14.6. The predicted molar refractivity (Wildman–Crippen MR) is 100 cm³/mol. The van der Waals surface area contributed by atoms with Gasteiger partial charge >= 0.3 is 0 Å². The summed E-state index contributed by atoms with van der Waals surface area (Å²) in [6.07, 6.45) is 4.51. The average molecular weight is 368 g/mol. The first-order chi connectivity index (χ1) is 13.0. The third-order valence-corrected chi connectivity index (χ3v) is 4.69. The number of amides is 1. The summed E-state index contributed by atoms with van der Waals surface area (Å²) in [6, 6.07) is 7.90. The molecule has 3 rings (SSSR count). The molecule has 0 saturated carbocycles. The van der Waals surface area contributed by atoms with Crippen LogP contribution in [-0.2, 0) is 0 Å². The molecule has 0 bridgehead atoms. The number of rotatable bonds is 5. The highest BCUT2D eigenvalue weighted by molar-refractivity contribution is 5.95. The standard InChI is InChI=1S/C19H20N4O4/c1-13(24)15-2-3-17(18(12-15)23(26)27)22-10-6-16(7-11-22)21-19(25)14-4-8-20-9-5-14/h2-5,8-9,12,16H,6-7,10-11H2,1H3,(H,21,25). The molecule has 1 aromatic carbocycles. The van der Waals surface area contributed by atoms with E-state index in [0.29, 0.717) is 42.7 Å². The molecule has 0 radical (unpaired) electrons. The monoisotopic (exact) mass is 368 g/mol. The number of aromatic nitrogens is 1. The number of hydrogen-bond acceptors (Lipinski definition) is 6. The Balaban J connectivity index is 1.66. The van der Waals surface area contributed by atoms with E-state index >= 15 is 0 Å². The van der Waals surface area contributed by atoms with E-state index in [-0.39, 0.29) is 23.4 Å². The molecule has 1 fully saturated rings. The minimum absolute atomic E-state index is 0.0115. The second kappa shape index (κ2) is 7.94. The van der Waals surface area contributed by atoms with E-state index in [0.717, 1.165) is 0 Å². The summed E-state index contributed by atoms with van der Waals surface area (Å²) in [4.78, 5) is 40.5. The lowest BCUT2D eigenvalue weighted by atomic mass is 10.0. The van der Waals surface area contributed by atoms with Crippen molar-refractivity contribution in [2.24, 2.45) is 0 Å². The van der Waals surface area contributed by atoms with Gasteiger partial charge in [-0.15, -0.1) is 0 Å². The van der Waals surface area contributed by atoms with Crippen LogP contribution in [0.2, 0.25) is 0 Å². The second-order valence-electron chi connectivity index (χ2n) is 6.49. The van der Waals surface area contributed by atoms with E-state index in [4.69, 9.17) is 0 Å². The zero-order chi connectivity index (χ0) is 19.4. The van der Waals surface area contributed by atoms with Gasteiger partial charge in [0, 0.05) is 48.7 Å². The fraction of sp³-hybridized carbons (Fsp3) is 0.316. The average Bonchev–Trinajstić information content (AvgIpc) is 2.68. The van der Waals surface area contributed by atoms with E-state index in [1.807, 2.05) is 4.90 Å². The van der Waals surface area contributed by atoms with E-state index in [1.54, 1.807) is 36.7 Å². The van der Waals surface area contributed by atoms with Gasteiger partial charge in [-0.3, -0.25) is 24.7 Å². The van der Waals surface area contributed by atoms with Crippen molar-refractivity contribution in [2.45, 2.75) is 25.8 Å². The zero-order valence-electron chi connectivity index (χ0n) is 14.9. The number of ketones is 1. The number of pyridine rings is 1. The van der Waals surface area contributed by atoms with Crippen LogP contribution in [0.15, 0.2) is 42.7 Å². The smallest absolute Gasteiger partial charge is 0.293 e. The van der Waals surface area contributed by atoms with Gasteiger partial charge in [0.15, 0.2) is 5.78 Å². The van der Waals surface area contributed by atoms with Gasteiger partial charge in [-0.25, -0.2) is 0 Å². The van der Waals surface area contributed by atoms with Crippen LogP contribution < -0.4 is 10.2 Å². The molecular weight excluding hydrogens is 348 g/mol. The number of nitro benzene ring substituents is 1. The number of carbonyl (C=O) groups excluding carboxylic acids is 2. The molecule has 0 unspecified atom stereocenters. The van der Waals surface area contributed by atoms with Crippen LogP contribution in [0.1, 0.15) is 40.5 Å². The molecule has 140 valence electrons. The summed E-state index contributed by atoms with van der Waals surface area (Å²) < 4.78 is 0. The van der Waals surface area contributed by atoms with Gasteiger partial charge in [0.2, 0.25) is 0 Å². The lowest BCUT2D eigenvalue weighted by Gasteiger charge is -2.33. The van der Waals surface area contributed by atoms with Crippen molar-refractivity contribution in [3.63, 3.8) is 0 Å². The minimum Gasteiger partial charge on any atom is -0.366 e. The fourth-order valence-corrected chi connectivity index (χ4v) is 3.19. The van der Waals surface area contributed by atoms with Crippen molar-refractivity contribution >= 4 is 23.1 Å². The molecule has 27 heavy (non-hydrogen) atoms. The Labute approximate surface area is 156 Å². The number of piperidine rings is 1. The number of anilines is 1. The van der Waals surface area contributed by atoms with Crippen LogP contribution >= 0.6 is 0 Å². The number of Topliss-reactive ketones (excluding diaryl/α,β-unsaturated/α-hetero) is 1. The zero-order valence-corrected chi connectivity index (χ0v) is 14.9. The van der Waals surface area contributed by atoms with Crippen molar-refractivity contribution in [1.82, 2.24) is 10.3 Å². The SMILES string of the molecule is CC(=O)c1ccc(N2CCC(NC(=O)c3ccncc3)CC2)c([N+](=O)[O-])c1. The van der Waals surface area contributed by atoms with Gasteiger partial charge < -0.3 is 10.2 Å². The molecule has 8 heteroatoms. The van der Waals surface area contributed by atoms with Gasteiger partial charge in [-0.2, -0.15) is 0 Å². The van der Waals surface area contributed by atoms with Crippen molar-refractivity contribution in [2.75, 3.05) is 18.0 Å². The lowest BCUT2D eigenvalue weighted by Crippen LogP contribution is -2.44. The van der Waals surface area contributed by atoms with Crippen molar-refractivity contribution in [1.29, 1.82) is 0 Å². The molecule has 1 saturated heterocycles. The highest BCUT2D eigenvalue weighted by Crippen LogP contribution is 2.31. The second-order valence-corrected chi connectivity index (χ2v) is 6.49. The molecule has 1 aliphatic rings. The molecule has 1 N–H and O–H groups in total.